The Hall–Kier alpha value is -2.47. The summed E-state index contributed by atoms with van der Waals surface area (Å²) in [6.07, 6.45) is 1.84. The van der Waals surface area contributed by atoms with Crippen molar-refractivity contribution in [3.63, 3.8) is 0 Å². The van der Waals surface area contributed by atoms with Gasteiger partial charge in [-0.1, -0.05) is 6.07 Å². The zero-order chi connectivity index (χ0) is 17.8. The van der Waals surface area contributed by atoms with E-state index in [0.717, 1.165) is 29.9 Å². The molecule has 134 valence electrons. The monoisotopic (exact) mass is 344 g/mol. The van der Waals surface area contributed by atoms with E-state index in [2.05, 4.69) is 5.32 Å². The van der Waals surface area contributed by atoms with Gasteiger partial charge in [0.25, 0.3) is 0 Å². The number of hydrogen-bond donors (Lipinski definition) is 1. The molecule has 1 saturated heterocycles. The van der Waals surface area contributed by atoms with Crippen molar-refractivity contribution in [1.82, 2.24) is 4.90 Å². The SMILES string of the molecule is COCc1ccc(C2CCCN2C(=O)Nc2ccc(C)cc2OC)o1. The lowest BCUT2D eigenvalue weighted by atomic mass is 10.2. The van der Waals surface area contributed by atoms with Crippen LogP contribution in [0.4, 0.5) is 10.5 Å². The maximum Gasteiger partial charge on any atom is 0.322 e. The number of benzene rings is 1. The van der Waals surface area contributed by atoms with Crippen LogP contribution in [0.15, 0.2) is 34.7 Å². The predicted molar refractivity (Wildman–Crippen MR) is 94.9 cm³/mol. The summed E-state index contributed by atoms with van der Waals surface area (Å²) in [6.45, 7) is 3.11. The molecule has 6 nitrogen and oxygen atoms in total. The van der Waals surface area contributed by atoms with Crippen LogP contribution < -0.4 is 10.1 Å². The summed E-state index contributed by atoms with van der Waals surface area (Å²) in [5.41, 5.74) is 1.75. The second-order valence-corrected chi connectivity index (χ2v) is 6.22. The number of ether oxygens (including phenoxy) is 2. The van der Waals surface area contributed by atoms with Gasteiger partial charge in [-0.3, -0.25) is 0 Å². The summed E-state index contributed by atoms with van der Waals surface area (Å²) >= 11 is 0. The zero-order valence-electron chi connectivity index (χ0n) is 14.9. The number of anilines is 1. The Balaban J connectivity index is 1.74. The maximum absolute atomic E-state index is 12.8. The van der Waals surface area contributed by atoms with Gasteiger partial charge in [0.2, 0.25) is 0 Å². The van der Waals surface area contributed by atoms with Gasteiger partial charge >= 0.3 is 6.03 Å². The topological polar surface area (TPSA) is 63.9 Å². The highest BCUT2D eigenvalue weighted by atomic mass is 16.5. The average molecular weight is 344 g/mol. The Morgan fingerprint density at radius 3 is 2.92 bits per heavy atom. The molecule has 0 spiro atoms. The van der Waals surface area contributed by atoms with Crippen molar-refractivity contribution in [2.75, 3.05) is 26.1 Å². The number of likely N-dealkylation sites (tertiary alicyclic amines) is 1. The largest absolute Gasteiger partial charge is 0.495 e. The Bertz CT molecular complexity index is 741. The number of rotatable bonds is 5. The van der Waals surface area contributed by atoms with Gasteiger partial charge in [0.05, 0.1) is 18.8 Å². The van der Waals surface area contributed by atoms with E-state index in [1.807, 2.05) is 42.2 Å². The number of aryl methyl sites for hydroxylation is 1. The second kappa shape index (κ2) is 7.61. The molecule has 1 fully saturated rings. The van der Waals surface area contributed by atoms with E-state index in [1.54, 1.807) is 14.2 Å². The first-order valence-electron chi connectivity index (χ1n) is 8.42. The Morgan fingerprint density at radius 2 is 2.16 bits per heavy atom. The minimum Gasteiger partial charge on any atom is -0.495 e. The van der Waals surface area contributed by atoms with Gasteiger partial charge in [0.1, 0.15) is 23.9 Å². The van der Waals surface area contributed by atoms with E-state index in [0.29, 0.717) is 24.6 Å². The number of amides is 2. The van der Waals surface area contributed by atoms with Crippen LogP contribution in [0.25, 0.3) is 0 Å². The molecule has 2 amide bonds. The normalized spacial score (nSPS) is 16.9. The minimum absolute atomic E-state index is 0.0537. The number of carbonyl (C=O) groups excluding carboxylic acids is 1. The number of nitrogens with one attached hydrogen (secondary N) is 1. The third-order valence-corrected chi connectivity index (χ3v) is 4.41. The van der Waals surface area contributed by atoms with Crippen molar-refractivity contribution in [3.8, 4) is 5.75 Å². The predicted octanol–water partition coefficient (Wildman–Crippen LogP) is 4.11. The molecule has 1 aromatic carbocycles. The second-order valence-electron chi connectivity index (χ2n) is 6.22. The third-order valence-electron chi connectivity index (χ3n) is 4.41. The van der Waals surface area contributed by atoms with Gasteiger partial charge < -0.3 is 24.1 Å². The fourth-order valence-corrected chi connectivity index (χ4v) is 3.19. The molecule has 1 aromatic heterocycles. The Morgan fingerprint density at radius 1 is 1.32 bits per heavy atom. The average Bonchev–Trinajstić information content (AvgIpc) is 3.25. The standard InChI is InChI=1S/C19H24N2O4/c1-13-6-8-15(18(11-13)24-3)20-19(22)21-10-4-5-16(21)17-9-7-14(25-17)12-23-2/h6-9,11,16H,4-5,10,12H2,1-3H3,(H,20,22). The number of methoxy groups -OCH3 is 2. The first kappa shape index (κ1) is 17.4. The third kappa shape index (κ3) is 3.79. The van der Waals surface area contributed by atoms with E-state index in [-0.39, 0.29) is 12.1 Å². The number of furan rings is 1. The highest BCUT2D eigenvalue weighted by Crippen LogP contribution is 2.34. The fraction of sp³-hybridized carbons (Fsp3) is 0.421. The van der Waals surface area contributed by atoms with Gasteiger partial charge in [-0.15, -0.1) is 0 Å². The van der Waals surface area contributed by atoms with Gasteiger partial charge in [0, 0.05) is 13.7 Å². The van der Waals surface area contributed by atoms with Crippen molar-refractivity contribution in [2.45, 2.75) is 32.4 Å². The molecule has 0 radical (unpaired) electrons. The molecule has 25 heavy (non-hydrogen) atoms. The van der Waals surface area contributed by atoms with Crippen LogP contribution in [-0.4, -0.2) is 31.7 Å². The molecule has 0 bridgehead atoms. The number of carbonyl (C=O) groups is 1. The molecular formula is C19H24N2O4. The van der Waals surface area contributed by atoms with Crippen LogP contribution in [0.1, 0.15) is 36.0 Å². The van der Waals surface area contributed by atoms with Crippen molar-refractivity contribution in [1.29, 1.82) is 0 Å². The van der Waals surface area contributed by atoms with Crippen LogP contribution in [0, 0.1) is 6.92 Å². The maximum atomic E-state index is 12.8. The Labute approximate surface area is 147 Å². The molecular weight excluding hydrogens is 320 g/mol. The van der Waals surface area contributed by atoms with Crippen LogP contribution in [0.3, 0.4) is 0 Å². The molecule has 2 aromatic rings. The minimum atomic E-state index is -0.144. The fourth-order valence-electron chi connectivity index (χ4n) is 3.19. The summed E-state index contributed by atoms with van der Waals surface area (Å²) < 4.78 is 16.3. The molecule has 1 N–H and O–H groups in total. The van der Waals surface area contributed by atoms with Crippen LogP contribution >= 0.6 is 0 Å². The Kier molecular flexibility index (Phi) is 5.28. The summed E-state index contributed by atoms with van der Waals surface area (Å²) in [5.74, 6) is 2.23. The summed E-state index contributed by atoms with van der Waals surface area (Å²) in [5, 5.41) is 2.96. The molecule has 1 atom stereocenters. The van der Waals surface area contributed by atoms with Gasteiger partial charge in [-0.25, -0.2) is 4.79 Å². The zero-order valence-corrected chi connectivity index (χ0v) is 14.9. The molecule has 2 heterocycles. The summed E-state index contributed by atoms with van der Waals surface area (Å²) in [6, 6.07) is 9.34. The first-order chi connectivity index (χ1) is 12.1. The first-order valence-corrected chi connectivity index (χ1v) is 8.42. The lowest BCUT2D eigenvalue weighted by Crippen LogP contribution is -2.34. The molecule has 1 aliphatic rings. The molecule has 0 aliphatic carbocycles. The summed E-state index contributed by atoms with van der Waals surface area (Å²) in [7, 11) is 3.23. The van der Waals surface area contributed by atoms with Crippen molar-refractivity contribution in [2.24, 2.45) is 0 Å². The van der Waals surface area contributed by atoms with Gasteiger partial charge in [-0.05, 0) is 49.6 Å². The number of urea groups is 1. The van der Waals surface area contributed by atoms with Gasteiger partial charge in [-0.2, -0.15) is 0 Å². The van der Waals surface area contributed by atoms with E-state index < -0.39 is 0 Å². The van der Waals surface area contributed by atoms with E-state index in [4.69, 9.17) is 13.9 Å². The van der Waals surface area contributed by atoms with Crippen LogP contribution in [0.5, 0.6) is 5.75 Å². The lowest BCUT2D eigenvalue weighted by molar-refractivity contribution is 0.157. The quantitative estimate of drug-likeness (QED) is 0.886. The van der Waals surface area contributed by atoms with E-state index in [9.17, 15) is 4.79 Å². The highest BCUT2D eigenvalue weighted by molar-refractivity contribution is 5.91. The molecule has 3 rings (SSSR count). The van der Waals surface area contributed by atoms with E-state index in [1.165, 1.54) is 0 Å². The van der Waals surface area contributed by atoms with Crippen molar-refractivity contribution < 1.29 is 18.7 Å². The van der Waals surface area contributed by atoms with Gasteiger partial charge in [0.15, 0.2) is 0 Å². The lowest BCUT2D eigenvalue weighted by Gasteiger charge is -2.24. The van der Waals surface area contributed by atoms with Crippen LogP contribution in [-0.2, 0) is 11.3 Å². The number of nitrogens with zero attached hydrogens (tertiary/aromatic N) is 1. The van der Waals surface area contributed by atoms with Crippen molar-refractivity contribution in [3.05, 3.63) is 47.4 Å². The molecule has 0 saturated carbocycles. The van der Waals surface area contributed by atoms with E-state index >= 15 is 0 Å². The van der Waals surface area contributed by atoms with Crippen LogP contribution in [0.2, 0.25) is 0 Å². The van der Waals surface area contributed by atoms with Crippen molar-refractivity contribution >= 4 is 11.7 Å². The summed E-state index contributed by atoms with van der Waals surface area (Å²) in [4.78, 5) is 14.6. The molecule has 1 unspecified atom stereocenters. The smallest absolute Gasteiger partial charge is 0.322 e. The molecule has 6 heteroatoms. The number of hydrogen-bond acceptors (Lipinski definition) is 4. The highest BCUT2D eigenvalue weighted by Gasteiger charge is 2.32. The molecule has 1 aliphatic heterocycles.